The van der Waals surface area contributed by atoms with Gasteiger partial charge < -0.3 is 0 Å². The lowest BCUT2D eigenvalue weighted by molar-refractivity contribution is 0.588. The van der Waals surface area contributed by atoms with Crippen molar-refractivity contribution in [3.63, 3.8) is 0 Å². The summed E-state index contributed by atoms with van der Waals surface area (Å²) in [5, 5.41) is 0. The Balaban J connectivity index is 1.08. The molecule has 0 amide bonds. The van der Waals surface area contributed by atoms with Crippen LogP contribution in [0.15, 0.2) is 179 Å². The molecule has 3 nitrogen and oxygen atoms in total. The monoisotopic (exact) mass is 645 g/mol. The number of nitrogens with zero attached hydrogens (tertiary/aromatic N) is 3. The number of hydrogen-bond acceptors (Lipinski definition) is 3. The van der Waals surface area contributed by atoms with Gasteiger partial charge in [-0.05, 0) is 82.7 Å². The van der Waals surface area contributed by atoms with Crippen molar-refractivity contribution in [3.05, 3.63) is 186 Å². The van der Waals surface area contributed by atoms with Crippen LogP contribution in [0, 0.1) is 11.8 Å². The van der Waals surface area contributed by atoms with Gasteiger partial charge in [0, 0.05) is 41.3 Å². The molecule has 0 saturated heterocycles. The molecule has 0 radical (unpaired) electrons. The zero-order chi connectivity index (χ0) is 33.3. The van der Waals surface area contributed by atoms with Gasteiger partial charge in [0.15, 0.2) is 5.82 Å². The van der Waals surface area contributed by atoms with Crippen LogP contribution in [0.5, 0.6) is 0 Å². The normalized spacial score (nSPS) is 22.1. The highest BCUT2D eigenvalue weighted by atomic mass is 14.9. The van der Waals surface area contributed by atoms with Gasteiger partial charge in [-0.3, -0.25) is 4.99 Å². The Kier molecular flexibility index (Phi) is 8.10. The van der Waals surface area contributed by atoms with Crippen molar-refractivity contribution in [1.29, 1.82) is 0 Å². The quantitative estimate of drug-likeness (QED) is 0.209. The van der Waals surface area contributed by atoms with Crippen LogP contribution >= 0.6 is 0 Å². The standard InChI is InChI=1S/C47H39N3/c1-2-9-32(10-3-1)33-16-22-36(23-17-33)45-30-46(37-24-18-34(19-25-37)40-12-8-28-48-31-40)50-47(49-45)38-26-20-35(21-27-38)44-29-39-11-4-5-13-41(39)42-14-6-7-15-43(42)44/h1-3,5-10,13-20,22-26,28-31,40,42-43H,4,11-12,21,27H2. The van der Waals surface area contributed by atoms with E-state index in [4.69, 9.17) is 9.97 Å². The molecule has 3 aromatic carbocycles. The van der Waals surface area contributed by atoms with Gasteiger partial charge >= 0.3 is 0 Å². The Morgan fingerprint density at radius 1 is 0.620 bits per heavy atom. The van der Waals surface area contributed by atoms with Crippen molar-refractivity contribution >= 4 is 11.8 Å². The van der Waals surface area contributed by atoms with Gasteiger partial charge in [0.05, 0.1) is 11.4 Å². The van der Waals surface area contributed by atoms with E-state index in [0.29, 0.717) is 17.8 Å². The summed E-state index contributed by atoms with van der Waals surface area (Å²) in [6.45, 7) is 0. The van der Waals surface area contributed by atoms with Gasteiger partial charge in [-0.2, -0.15) is 0 Å². The number of rotatable bonds is 6. The lowest BCUT2D eigenvalue weighted by atomic mass is 9.68. The van der Waals surface area contributed by atoms with Gasteiger partial charge in [0.1, 0.15) is 0 Å². The third-order valence-electron chi connectivity index (χ3n) is 10.7. The molecule has 4 aliphatic carbocycles. The maximum Gasteiger partial charge on any atom is 0.156 e. The number of hydrogen-bond donors (Lipinski definition) is 0. The van der Waals surface area contributed by atoms with E-state index in [1.54, 1.807) is 0 Å². The van der Waals surface area contributed by atoms with Crippen LogP contribution < -0.4 is 0 Å². The summed E-state index contributed by atoms with van der Waals surface area (Å²) >= 11 is 0. The van der Waals surface area contributed by atoms with Gasteiger partial charge in [-0.15, -0.1) is 0 Å². The number of aromatic nitrogens is 2. The minimum Gasteiger partial charge on any atom is -0.269 e. The first-order chi connectivity index (χ1) is 24.8. The molecule has 0 fully saturated rings. The van der Waals surface area contributed by atoms with Crippen LogP contribution in [0.3, 0.4) is 0 Å². The number of allylic oxidation sites excluding steroid dienone is 15. The summed E-state index contributed by atoms with van der Waals surface area (Å²) in [7, 11) is 0. The lowest BCUT2D eigenvalue weighted by Crippen LogP contribution is -2.23. The van der Waals surface area contributed by atoms with E-state index in [1.807, 2.05) is 12.4 Å². The average Bonchev–Trinajstić information content (AvgIpc) is 3.21. The molecular weight excluding hydrogens is 607 g/mol. The van der Waals surface area contributed by atoms with E-state index in [9.17, 15) is 0 Å². The number of benzene rings is 3. The first-order valence-electron chi connectivity index (χ1n) is 18.0. The lowest BCUT2D eigenvalue weighted by Gasteiger charge is -2.36. The van der Waals surface area contributed by atoms with E-state index >= 15 is 0 Å². The Labute approximate surface area is 295 Å². The van der Waals surface area contributed by atoms with Crippen LogP contribution in [0.1, 0.15) is 49.4 Å². The topological polar surface area (TPSA) is 38.1 Å². The minimum absolute atomic E-state index is 0.314. The van der Waals surface area contributed by atoms with Crippen molar-refractivity contribution < 1.29 is 0 Å². The van der Waals surface area contributed by atoms with E-state index in [2.05, 4.69) is 151 Å². The van der Waals surface area contributed by atoms with Crippen molar-refractivity contribution in [2.45, 2.75) is 38.0 Å². The largest absolute Gasteiger partial charge is 0.269 e. The highest BCUT2D eigenvalue weighted by Gasteiger charge is 2.32. The first kappa shape index (κ1) is 30.4. The molecule has 3 heteroatoms. The molecular formula is C47H39N3. The fourth-order valence-corrected chi connectivity index (χ4v) is 7.99. The predicted octanol–water partition coefficient (Wildman–Crippen LogP) is 11.6. The third kappa shape index (κ3) is 5.94. The molecule has 50 heavy (non-hydrogen) atoms. The van der Waals surface area contributed by atoms with E-state index in [-0.39, 0.29) is 0 Å². The van der Waals surface area contributed by atoms with Crippen LogP contribution in [0.25, 0.3) is 39.2 Å². The Bertz CT molecular complexity index is 2220. The molecule has 1 aliphatic heterocycles. The molecule has 9 rings (SSSR count). The highest BCUT2D eigenvalue weighted by Crippen LogP contribution is 2.46. The molecule has 0 spiro atoms. The van der Waals surface area contributed by atoms with Crippen LogP contribution in [0.2, 0.25) is 0 Å². The SMILES string of the molecule is C1=CC2C(C3=CC=C(c4nc(-c5ccc(-c6ccccc6)cc5)cc(-c5ccc(C6C=NC=CC6)cc5)n4)CC3)=CC3=C(C=CCC3)C2C=C1. The second kappa shape index (κ2) is 13.3. The average molecular weight is 646 g/mol. The fourth-order valence-electron chi connectivity index (χ4n) is 7.99. The summed E-state index contributed by atoms with van der Waals surface area (Å²) in [5.74, 6) is 1.95. The fraction of sp³-hybridized carbons (Fsp3) is 0.170. The first-order valence-corrected chi connectivity index (χ1v) is 18.0. The third-order valence-corrected chi connectivity index (χ3v) is 10.7. The molecule has 0 saturated carbocycles. The molecule has 0 N–H and O–H groups in total. The van der Waals surface area contributed by atoms with E-state index in [0.717, 1.165) is 60.4 Å². The van der Waals surface area contributed by atoms with Gasteiger partial charge in [-0.25, -0.2) is 9.97 Å². The van der Waals surface area contributed by atoms with Crippen LogP contribution in [-0.2, 0) is 0 Å². The van der Waals surface area contributed by atoms with Crippen molar-refractivity contribution in [3.8, 4) is 33.6 Å². The Hall–Kier alpha value is -5.67. The van der Waals surface area contributed by atoms with E-state index in [1.165, 1.54) is 44.6 Å². The maximum absolute atomic E-state index is 5.22. The minimum atomic E-state index is 0.314. The molecule has 4 aromatic rings. The molecule has 5 aliphatic rings. The summed E-state index contributed by atoms with van der Waals surface area (Å²) < 4.78 is 0. The summed E-state index contributed by atoms with van der Waals surface area (Å²) in [6.07, 6.45) is 32.3. The van der Waals surface area contributed by atoms with Crippen molar-refractivity contribution in [1.82, 2.24) is 9.97 Å². The van der Waals surface area contributed by atoms with E-state index < -0.39 is 0 Å². The maximum atomic E-state index is 5.22. The van der Waals surface area contributed by atoms with Crippen LogP contribution in [0.4, 0.5) is 0 Å². The summed E-state index contributed by atoms with van der Waals surface area (Å²) in [6, 6.07) is 30.3. The Morgan fingerprint density at radius 3 is 2.02 bits per heavy atom. The molecule has 242 valence electrons. The molecule has 1 aromatic heterocycles. The zero-order valence-corrected chi connectivity index (χ0v) is 28.1. The zero-order valence-electron chi connectivity index (χ0n) is 28.1. The summed E-state index contributed by atoms with van der Waals surface area (Å²) in [5.41, 5.74) is 14.9. The second-order valence-electron chi connectivity index (χ2n) is 13.8. The number of aliphatic imine (C=N–C) groups is 1. The van der Waals surface area contributed by atoms with Crippen molar-refractivity contribution in [2.75, 3.05) is 0 Å². The van der Waals surface area contributed by atoms with Crippen LogP contribution in [-0.4, -0.2) is 16.2 Å². The molecule has 3 unspecified atom stereocenters. The number of fused-ring (bicyclic) bond motifs is 2. The molecule has 2 heterocycles. The van der Waals surface area contributed by atoms with Gasteiger partial charge in [0.2, 0.25) is 0 Å². The Morgan fingerprint density at radius 2 is 1.30 bits per heavy atom. The van der Waals surface area contributed by atoms with Crippen molar-refractivity contribution in [2.24, 2.45) is 16.8 Å². The molecule has 0 bridgehead atoms. The smallest absolute Gasteiger partial charge is 0.156 e. The highest BCUT2D eigenvalue weighted by molar-refractivity contribution is 5.76. The molecule has 3 atom stereocenters. The van der Waals surface area contributed by atoms with Gasteiger partial charge in [0.25, 0.3) is 0 Å². The second-order valence-corrected chi connectivity index (χ2v) is 13.8. The summed E-state index contributed by atoms with van der Waals surface area (Å²) in [4.78, 5) is 14.8. The predicted molar refractivity (Wildman–Crippen MR) is 207 cm³/mol. The van der Waals surface area contributed by atoms with Gasteiger partial charge in [-0.1, -0.05) is 140 Å².